The number of carbonyl (C=O) groups is 1. The highest BCUT2D eigenvalue weighted by Crippen LogP contribution is 2.24. The van der Waals surface area contributed by atoms with E-state index in [4.69, 9.17) is 10.5 Å². The number of nitrogens with two attached hydrogens (primary N) is 1. The van der Waals surface area contributed by atoms with Gasteiger partial charge in [0.25, 0.3) is 5.91 Å². The van der Waals surface area contributed by atoms with Crippen molar-refractivity contribution in [3.05, 3.63) is 53.5 Å². The van der Waals surface area contributed by atoms with Crippen molar-refractivity contribution in [3.63, 3.8) is 0 Å². The summed E-state index contributed by atoms with van der Waals surface area (Å²) in [6.07, 6.45) is 3.51. The zero-order chi connectivity index (χ0) is 26.1. The lowest BCUT2D eigenvalue weighted by molar-refractivity contribution is 0.0735. The zero-order valence-electron chi connectivity index (χ0n) is 20.7. The van der Waals surface area contributed by atoms with Crippen molar-refractivity contribution >= 4 is 34.2 Å². The van der Waals surface area contributed by atoms with Crippen LogP contribution in [-0.2, 0) is 11.2 Å². The molecule has 1 saturated heterocycles. The first-order valence-electron chi connectivity index (χ1n) is 12.2. The van der Waals surface area contributed by atoms with E-state index in [9.17, 15) is 13.6 Å². The van der Waals surface area contributed by atoms with E-state index in [2.05, 4.69) is 25.0 Å². The molecule has 37 heavy (non-hydrogen) atoms. The lowest BCUT2D eigenvalue weighted by atomic mass is 10.1. The molecule has 12 heteroatoms. The van der Waals surface area contributed by atoms with Gasteiger partial charge in [0.05, 0.1) is 24.2 Å². The molecule has 1 atom stereocenters. The van der Waals surface area contributed by atoms with E-state index in [1.54, 1.807) is 24.2 Å². The van der Waals surface area contributed by atoms with Crippen LogP contribution in [0, 0.1) is 11.6 Å². The molecule has 1 amide bonds. The first-order chi connectivity index (χ1) is 17.8. The number of fused-ring (bicyclic) bond motifs is 3. The third-order valence-electron chi connectivity index (χ3n) is 6.70. The van der Waals surface area contributed by atoms with E-state index in [1.165, 1.54) is 10.6 Å². The molecule has 1 fully saturated rings. The van der Waals surface area contributed by atoms with Gasteiger partial charge in [-0.3, -0.25) is 4.79 Å². The van der Waals surface area contributed by atoms with Crippen molar-refractivity contribution < 1.29 is 18.3 Å². The number of hydrogen-bond donors (Lipinski definition) is 1. The number of aryl methyl sites for hydroxylation is 1. The topological polar surface area (TPSA) is 115 Å². The summed E-state index contributed by atoms with van der Waals surface area (Å²) in [5.74, 6) is -0.344. The van der Waals surface area contributed by atoms with Crippen LogP contribution in [0.5, 0.6) is 0 Å². The van der Waals surface area contributed by atoms with Gasteiger partial charge < -0.3 is 20.3 Å². The van der Waals surface area contributed by atoms with E-state index in [-0.39, 0.29) is 34.4 Å². The smallest absolute Gasteiger partial charge is 0.255 e. The fraction of sp³-hybridized carbons (Fsp3) is 0.400. The lowest BCUT2D eigenvalue weighted by Crippen LogP contribution is -2.37. The molecule has 194 valence electrons. The molecule has 0 bridgehead atoms. The predicted molar refractivity (Wildman–Crippen MR) is 134 cm³/mol. The average molecular weight is 511 g/mol. The number of morpholine rings is 1. The monoisotopic (exact) mass is 510 g/mol. The van der Waals surface area contributed by atoms with Crippen LogP contribution < -0.4 is 10.6 Å². The Hall–Kier alpha value is -3.93. The minimum Gasteiger partial charge on any atom is -0.378 e. The van der Waals surface area contributed by atoms with Gasteiger partial charge in [0, 0.05) is 44.9 Å². The third-order valence-corrected chi connectivity index (χ3v) is 6.70. The average Bonchev–Trinajstić information content (AvgIpc) is 3.34. The maximum absolute atomic E-state index is 14.2. The van der Waals surface area contributed by atoms with Crippen LogP contribution in [0.25, 0.3) is 16.6 Å². The molecule has 0 saturated carbocycles. The van der Waals surface area contributed by atoms with Crippen molar-refractivity contribution in [1.29, 1.82) is 0 Å². The second-order valence-corrected chi connectivity index (χ2v) is 9.18. The fourth-order valence-electron chi connectivity index (χ4n) is 4.45. The van der Waals surface area contributed by atoms with Gasteiger partial charge in [-0.05, 0) is 38.0 Å². The SMILES string of the molecule is C[C@@H](CCCc1nc2c3cc(F)cc(F)c3nc(N)n2n1)N(C)C(=O)c1ccc(N2CCOCC2)nc1. The minimum atomic E-state index is -0.804. The van der Waals surface area contributed by atoms with Gasteiger partial charge in [-0.15, -0.1) is 5.10 Å². The maximum atomic E-state index is 14.2. The quantitative estimate of drug-likeness (QED) is 0.404. The number of ether oxygens (including phenoxy) is 1. The molecule has 3 aromatic heterocycles. The molecule has 0 radical (unpaired) electrons. The van der Waals surface area contributed by atoms with Crippen molar-refractivity contribution in [2.45, 2.75) is 32.2 Å². The van der Waals surface area contributed by atoms with Crippen LogP contribution >= 0.6 is 0 Å². The highest BCUT2D eigenvalue weighted by atomic mass is 19.1. The standard InChI is InChI=1S/C25H28F2N8O2/c1-15(33(2)24(36)16-6-7-21(29-14-16)34-8-10-37-11-9-34)4-3-5-20-30-23-18-12-17(26)13-19(27)22(18)31-25(28)35(23)32-20/h6-7,12-15H,3-5,8-11H2,1-2H3,(H2,28,31)/t15-/m0/s1. The Morgan fingerprint density at radius 1 is 1.22 bits per heavy atom. The number of rotatable bonds is 7. The number of benzene rings is 1. The van der Waals surface area contributed by atoms with Crippen molar-refractivity contribution in [1.82, 2.24) is 29.5 Å². The van der Waals surface area contributed by atoms with Gasteiger partial charge in [0.1, 0.15) is 17.2 Å². The fourth-order valence-corrected chi connectivity index (χ4v) is 4.45. The highest BCUT2D eigenvalue weighted by molar-refractivity contribution is 5.94. The van der Waals surface area contributed by atoms with Gasteiger partial charge in [0.15, 0.2) is 17.3 Å². The molecule has 1 aromatic carbocycles. The van der Waals surface area contributed by atoms with Gasteiger partial charge in [0.2, 0.25) is 5.95 Å². The van der Waals surface area contributed by atoms with Crippen molar-refractivity contribution in [3.8, 4) is 0 Å². The third kappa shape index (κ3) is 5.01. The Balaban J connectivity index is 1.21. The van der Waals surface area contributed by atoms with E-state index in [0.29, 0.717) is 43.9 Å². The molecule has 1 aliphatic heterocycles. The number of carbonyl (C=O) groups excluding carboxylic acids is 1. The Bertz CT molecular complexity index is 1440. The number of nitrogens with zero attached hydrogens (tertiary/aromatic N) is 7. The summed E-state index contributed by atoms with van der Waals surface area (Å²) in [6, 6.07) is 5.56. The number of pyridine rings is 1. The molecule has 4 heterocycles. The summed E-state index contributed by atoms with van der Waals surface area (Å²) >= 11 is 0. The van der Waals surface area contributed by atoms with E-state index >= 15 is 0 Å². The molecule has 2 N–H and O–H groups in total. The lowest BCUT2D eigenvalue weighted by Gasteiger charge is -2.28. The zero-order valence-corrected chi connectivity index (χ0v) is 20.7. The molecule has 0 unspecified atom stereocenters. The number of aromatic nitrogens is 5. The Morgan fingerprint density at radius 3 is 2.73 bits per heavy atom. The first-order valence-corrected chi connectivity index (χ1v) is 12.2. The number of halogens is 2. The Kier molecular flexibility index (Phi) is 6.83. The van der Waals surface area contributed by atoms with Crippen LogP contribution in [0.2, 0.25) is 0 Å². The molecule has 4 aromatic rings. The van der Waals surface area contributed by atoms with E-state index in [0.717, 1.165) is 25.0 Å². The van der Waals surface area contributed by atoms with Crippen LogP contribution in [0.1, 0.15) is 35.9 Å². The molecule has 1 aliphatic rings. The molecule has 0 spiro atoms. The van der Waals surface area contributed by atoms with E-state index < -0.39 is 11.6 Å². The second-order valence-electron chi connectivity index (χ2n) is 9.18. The normalized spacial score (nSPS) is 14.9. The van der Waals surface area contributed by atoms with Crippen LogP contribution in [0.3, 0.4) is 0 Å². The minimum absolute atomic E-state index is 0.0290. The van der Waals surface area contributed by atoms with Gasteiger partial charge in [-0.1, -0.05) is 0 Å². The molecular formula is C25H28F2N8O2. The van der Waals surface area contributed by atoms with Crippen LogP contribution in [0.4, 0.5) is 20.5 Å². The summed E-state index contributed by atoms with van der Waals surface area (Å²) in [5.41, 5.74) is 6.67. The summed E-state index contributed by atoms with van der Waals surface area (Å²) in [6.45, 7) is 4.89. The number of anilines is 2. The van der Waals surface area contributed by atoms with Gasteiger partial charge in [-0.2, -0.15) is 4.52 Å². The summed E-state index contributed by atoms with van der Waals surface area (Å²) in [4.78, 5) is 29.7. The summed E-state index contributed by atoms with van der Waals surface area (Å²) in [5, 5.41) is 4.57. The van der Waals surface area contributed by atoms with Crippen LogP contribution in [0.15, 0.2) is 30.5 Å². The summed E-state index contributed by atoms with van der Waals surface area (Å²) < 4.78 is 34.6. The molecule has 5 rings (SSSR count). The van der Waals surface area contributed by atoms with Gasteiger partial charge in [-0.25, -0.2) is 23.7 Å². The first kappa shape index (κ1) is 24.8. The molecule has 10 nitrogen and oxygen atoms in total. The number of hydrogen-bond acceptors (Lipinski definition) is 8. The van der Waals surface area contributed by atoms with Crippen molar-refractivity contribution in [2.24, 2.45) is 0 Å². The number of nitrogen functional groups attached to an aromatic ring is 1. The molecular weight excluding hydrogens is 482 g/mol. The second kappa shape index (κ2) is 10.2. The Labute approximate surface area is 212 Å². The molecule has 0 aliphatic carbocycles. The van der Waals surface area contributed by atoms with Crippen molar-refractivity contribution in [2.75, 3.05) is 44.0 Å². The van der Waals surface area contributed by atoms with Gasteiger partial charge >= 0.3 is 0 Å². The maximum Gasteiger partial charge on any atom is 0.255 e. The van der Waals surface area contributed by atoms with Crippen LogP contribution in [-0.4, -0.2) is 74.8 Å². The highest BCUT2D eigenvalue weighted by Gasteiger charge is 2.20. The number of amides is 1. The largest absolute Gasteiger partial charge is 0.378 e. The van der Waals surface area contributed by atoms with E-state index in [1.807, 2.05) is 13.0 Å². The predicted octanol–water partition coefficient (Wildman–Crippen LogP) is 2.85. The summed E-state index contributed by atoms with van der Waals surface area (Å²) in [7, 11) is 1.77. The Morgan fingerprint density at radius 2 is 2.00 bits per heavy atom.